The van der Waals surface area contributed by atoms with Crippen LogP contribution < -0.4 is 10.6 Å². The number of hydrogen-bond donors (Lipinski definition) is 2. The molecule has 2 aromatic rings. The van der Waals surface area contributed by atoms with E-state index in [1.165, 1.54) is 19.1 Å². The van der Waals surface area contributed by atoms with Crippen LogP contribution in [0.5, 0.6) is 0 Å². The lowest BCUT2D eigenvalue weighted by Crippen LogP contribution is -2.50. The molecule has 0 saturated carbocycles. The predicted octanol–water partition coefficient (Wildman–Crippen LogP) is 5.36. The number of carbonyl (C=O) groups excluding carboxylic acids is 4. The molecule has 2 N–H and O–H groups in total. The first kappa shape index (κ1) is 50.1. The van der Waals surface area contributed by atoms with E-state index in [9.17, 15) is 19.2 Å². The Bertz CT molecular complexity index is 1320. The third kappa shape index (κ3) is 18.9. The van der Waals surface area contributed by atoms with Crippen molar-refractivity contribution in [3.05, 3.63) is 53.9 Å². The Labute approximate surface area is 325 Å². The average Bonchev–Trinajstić information content (AvgIpc) is 3.61. The van der Waals surface area contributed by atoms with Crippen molar-refractivity contribution in [1.82, 2.24) is 25.1 Å². The fourth-order valence-electron chi connectivity index (χ4n) is 5.95. The number of methoxy groups -OCH3 is 3. The molecule has 1 aliphatic rings. The number of amides is 2. The quantitative estimate of drug-likeness (QED) is 0.159. The zero-order valence-corrected chi connectivity index (χ0v) is 35.1. The number of aldehydes is 1. The molecule has 1 fully saturated rings. The van der Waals surface area contributed by atoms with E-state index in [2.05, 4.69) is 77.0 Å². The van der Waals surface area contributed by atoms with Gasteiger partial charge in [-0.25, -0.2) is 9.97 Å². The number of likely N-dealkylation sites (tertiary alicyclic amines) is 1. The van der Waals surface area contributed by atoms with Crippen molar-refractivity contribution in [1.29, 1.82) is 0 Å². The van der Waals surface area contributed by atoms with Crippen molar-refractivity contribution in [3.8, 4) is 0 Å². The van der Waals surface area contributed by atoms with Crippen LogP contribution in [0.4, 0.5) is 5.95 Å². The molecule has 306 valence electrons. The second kappa shape index (κ2) is 29.4. The SMILES string of the molecule is CCC.CCc1ccnc(NCC(=O)N(C)C(C(C)CC)C(CC=O)OC)n1.COC(=O)CNC(=O)C(C)C(OC)C1CCCN1C.Cc1ccccc1. The number of carbonyl (C=O) groups is 4. The molecule has 54 heavy (non-hydrogen) atoms. The molecule has 6 unspecified atom stereocenters. The third-order valence-electron chi connectivity index (χ3n) is 9.26. The van der Waals surface area contributed by atoms with Crippen LogP contribution in [0.3, 0.4) is 0 Å². The molecule has 0 bridgehead atoms. The highest BCUT2D eigenvalue weighted by atomic mass is 16.5. The summed E-state index contributed by atoms with van der Waals surface area (Å²) >= 11 is 0. The highest BCUT2D eigenvalue weighted by molar-refractivity contribution is 5.83. The molecular weight excluding hydrogens is 688 g/mol. The van der Waals surface area contributed by atoms with Crippen molar-refractivity contribution >= 4 is 30.0 Å². The number of nitrogens with one attached hydrogen (secondary N) is 2. The third-order valence-corrected chi connectivity index (χ3v) is 9.26. The largest absolute Gasteiger partial charge is 0.468 e. The number of ether oxygens (including phenoxy) is 3. The van der Waals surface area contributed by atoms with Crippen LogP contribution in [0.25, 0.3) is 0 Å². The Kier molecular flexibility index (Phi) is 27.3. The summed E-state index contributed by atoms with van der Waals surface area (Å²) in [5, 5.41) is 5.55. The maximum absolute atomic E-state index is 12.6. The van der Waals surface area contributed by atoms with Crippen molar-refractivity contribution in [3.63, 3.8) is 0 Å². The van der Waals surface area contributed by atoms with Gasteiger partial charge in [-0.3, -0.25) is 14.4 Å². The number of rotatable bonds is 17. The van der Waals surface area contributed by atoms with Gasteiger partial charge < -0.3 is 39.4 Å². The molecule has 6 atom stereocenters. The molecule has 1 aromatic carbocycles. The van der Waals surface area contributed by atoms with Gasteiger partial charge in [0.2, 0.25) is 17.8 Å². The highest BCUT2D eigenvalue weighted by Gasteiger charge is 2.36. The summed E-state index contributed by atoms with van der Waals surface area (Å²) in [6.07, 6.45) is 7.39. The van der Waals surface area contributed by atoms with E-state index in [0.29, 0.717) is 5.95 Å². The Balaban J connectivity index is 0.000000844. The number of esters is 1. The van der Waals surface area contributed by atoms with Gasteiger partial charge >= 0.3 is 5.97 Å². The van der Waals surface area contributed by atoms with Gasteiger partial charge in [0.25, 0.3) is 0 Å². The number of benzene rings is 1. The van der Waals surface area contributed by atoms with Gasteiger partial charge in [-0.05, 0) is 51.8 Å². The first-order valence-corrected chi connectivity index (χ1v) is 19.2. The molecule has 0 radical (unpaired) electrons. The minimum atomic E-state index is -0.451. The number of nitrogens with zero attached hydrogens (tertiary/aromatic N) is 4. The van der Waals surface area contributed by atoms with Crippen molar-refractivity contribution in [2.24, 2.45) is 11.8 Å². The monoisotopic (exact) mass is 759 g/mol. The summed E-state index contributed by atoms with van der Waals surface area (Å²) in [7, 11) is 8.29. The van der Waals surface area contributed by atoms with Gasteiger partial charge in [0.05, 0.1) is 37.8 Å². The first-order valence-electron chi connectivity index (χ1n) is 19.2. The molecule has 0 spiro atoms. The van der Waals surface area contributed by atoms with Crippen LogP contribution in [0.1, 0.15) is 84.9 Å². The maximum atomic E-state index is 12.6. The number of anilines is 1. The Morgan fingerprint density at radius 2 is 1.67 bits per heavy atom. The zero-order valence-electron chi connectivity index (χ0n) is 35.1. The fraction of sp³-hybridized carbons (Fsp3) is 0.659. The number of likely N-dealkylation sites (N-methyl/N-ethyl adjacent to an activating group) is 2. The topological polar surface area (TPSA) is 152 Å². The molecule has 1 aliphatic heterocycles. The second-order valence-corrected chi connectivity index (χ2v) is 13.5. The standard InChI is InChI=1S/C18H30N4O3.C13H24N2O4.C7H8.C3H8/c1-6-13(3)17(15(25-5)9-11-23)22(4)16(24)12-20-18-19-10-8-14(7-2)21-18;1-9(13(17)14-8-11(16)18-3)12(19-4)10-6-5-7-15(10)2;1-7-5-3-2-4-6-7;1-3-2/h8,10-11,13,15,17H,6-7,9,12H2,1-5H3,(H,19,20,21);9-10,12H,5-8H2,1-4H3,(H,14,17);2-6H,1H3;3H2,1-2H3. The van der Waals surface area contributed by atoms with Crippen LogP contribution in [-0.2, 0) is 39.8 Å². The van der Waals surface area contributed by atoms with Crippen molar-refractivity contribution in [2.45, 2.75) is 111 Å². The number of aryl methyl sites for hydroxylation is 2. The van der Waals surface area contributed by atoms with Gasteiger partial charge in [0.1, 0.15) is 12.8 Å². The van der Waals surface area contributed by atoms with Crippen molar-refractivity contribution < 1.29 is 33.4 Å². The van der Waals surface area contributed by atoms with Crippen molar-refractivity contribution in [2.75, 3.05) is 60.4 Å². The minimum absolute atomic E-state index is 0.0914. The zero-order chi connectivity index (χ0) is 41.1. The molecule has 2 amide bonds. The molecular formula is C41H70N6O7. The van der Waals surface area contributed by atoms with Crippen LogP contribution in [0.2, 0.25) is 0 Å². The number of aromatic nitrogens is 2. The molecule has 1 saturated heterocycles. The van der Waals surface area contributed by atoms with Gasteiger partial charge in [0.15, 0.2) is 0 Å². The van der Waals surface area contributed by atoms with Crippen LogP contribution in [-0.4, -0.2) is 123 Å². The summed E-state index contributed by atoms with van der Waals surface area (Å²) in [5.41, 5.74) is 2.24. The minimum Gasteiger partial charge on any atom is -0.468 e. The van der Waals surface area contributed by atoms with E-state index in [-0.39, 0.29) is 67.5 Å². The molecule has 13 nitrogen and oxygen atoms in total. The van der Waals surface area contributed by atoms with E-state index in [1.54, 1.807) is 32.4 Å². The summed E-state index contributed by atoms with van der Waals surface area (Å²) in [4.78, 5) is 58.9. The lowest BCUT2D eigenvalue weighted by molar-refractivity contribution is -0.142. The second-order valence-electron chi connectivity index (χ2n) is 13.5. The Morgan fingerprint density at radius 3 is 2.13 bits per heavy atom. The molecule has 2 heterocycles. The molecule has 13 heteroatoms. The Morgan fingerprint density at radius 1 is 1.02 bits per heavy atom. The molecule has 1 aromatic heterocycles. The fourth-order valence-corrected chi connectivity index (χ4v) is 5.95. The van der Waals surface area contributed by atoms with E-state index in [0.717, 1.165) is 44.2 Å². The summed E-state index contributed by atoms with van der Waals surface area (Å²) in [6, 6.07) is 12.2. The van der Waals surface area contributed by atoms with Gasteiger partial charge in [-0.2, -0.15) is 0 Å². The van der Waals surface area contributed by atoms with Crippen LogP contribution in [0.15, 0.2) is 42.6 Å². The summed E-state index contributed by atoms with van der Waals surface area (Å²) < 4.78 is 15.5. The maximum Gasteiger partial charge on any atom is 0.325 e. The van der Waals surface area contributed by atoms with Crippen LogP contribution in [0, 0.1) is 18.8 Å². The smallest absolute Gasteiger partial charge is 0.325 e. The van der Waals surface area contributed by atoms with E-state index >= 15 is 0 Å². The van der Waals surface area contributed by atoms with Crippen LogP contribution >= 0.6 is 0 Å². The Hall–Kier alpha value is -3.94. The van der Waals surface area contributed by atoms with E-state index in [1.807, 2.05) is 45.2 Å². The lowest BCUT2D eigenvalue weighted by Gasteiger charge is -2.37. The predicted molar refractivity (Wildman–Crippen MR) is 215 cm³/mol. The normalized spacial score (nSPS) is 16.2. The highest BCUT2D eigenvalue weighted by Crippen LogP contribution is 2.25. The summed E-state index contributed by atoms with van der Waals surface area (Å²) in [6.45, 7) is 15.3. The van der Waals surface area contributed by atoms with E-state index < -0.39 is 5.97 Å². The lowest BCUT2D eigenvalue weighted by atomic mass is 9.91. The van der Waals surface area contributed by atoms with Gasteiger partial charge in [-0.15, -0.1) is 0 Å². The van der Waals surface area contributed by atoms with Gasteiger partial charge in [-0.1, -0.05) is 90.3 Å². The van der Waals surface area contributed by atoms with Gasteiger partial charge in [0, 0.05) is 45.6 Å². The summed E-state index contributed by atoms with van der Waals surface area (Å²) in [5.74, 6) is -0.384. The van der Waals surface area contributed by atoms with E-state index in [4.69, 9.17) is 9.47 Å². The first-order chi connectivity index (χ1) is 25.8. The molecule has 3 rings (SSSR count). The number of hydrogen-bond acceptors (Lipinski definition) is 11. The average molecular weight is 759 g/mol. The molecule has 0 aliphatic carbocycles.